The number of benzene rings is 4. The zero-order valence-electron chi connectivity index (χ0n) is 22.8. The maximum atomic E-state index is 14.1. The summed E-state index contributed by atoms with van der Waals surface area (Å²) < 4.78 is 5.58. The van der Waals surface area contributed by atoms with E-state index in [9.17, 15) is 14.4 Å². The molecule has 0 saturated carbocycles. The van der Waals surface area contributed by atoms with Crippen LogP contribution in [0, 0.1) is 0 Å². The number of hydrogen-bond acceptors (Lipinski definition) is 4. The van der Waals surface area contributed by atoms with E-state index in [1.54, 1.807) is 32.8 Å². The van der Waals surface area contributed by atoms with E-state index in [0.29, 0.717) is 54.6 Å². The van der Waals surface area contributed by atoms with Crippen LogP contribution in [0.1, 0.15) is 15.9 Å². The largest absolute Gasteiger partial charge is 0.495 e. The number of carbonyl (C=O) groups excluding carboxylic acids is 3. The van der Waals surface area contributed by atoms with Crippen LogP contribution in [0.25, 0.3) is 0 Å². The molecular weight excluding hydrogens is 516 g/mol. The van der Waals surface area contributed by atoms with E-state index in [1.165, 1.54) is 0 Å². The number of ether oxygens (including phenoxy) is 1. The predicted octanol–water partition coefficient (Wildman–Crippen LogP) is 6.27. The number of Topliss-reactive ketones (excluding diaryl/α,β-unsaturated/α-hetero) is 1. The summed E-state index contributed by atoms with van der Waals surface area (Å²) in [6.45, 7) is 1.43. The fraction of sp³-hybridized carbons (Fsp3) is 0.182. The van der Waals surface area contributed by atoms with Gasteiger partial charge in [0.25, 0.3) is 0 Å². The molecule has 8 heteroatoms. The number of amides is 4. The van der Waals surface area contributed by atoms with E-state index in [-0.39, 0.29) is 24.3 Å². The lowest BCUT2D eigenvalue weighted by Crippen LogP contribution is -2.55. The number of para-hydroxylation sites is 5. The van der Waals surface area contributed by atoms with Crippen molar-refractivity contribution < 1.29 is 19.1 Å². The van der Waals surface area contributed by atoms with Crippen LogP contribution < -0.4 is 14.5 Å². The summed E-state index contributed by atoms with van der Waals surface area (Å²) in [7, 11) is 1.59. The number of fused-ring (bicyclic) bond motifs is 2. The number of carbonyl (C=O) groups is 3. The number of nitrogens with zero attached hydrogens (tertiary/aromatic N) is 4. The summed E-state index contributed by atoms with van der Waals surface area (Å²) in [6.07, 6.45) is 0.234. The van der Waals surface area contributed by atoms with E-state index in [4.69, 9.17) is 4.74 Å². The van der Waals surface area contributed by atoms with Crippen molar-refractivity contribution >= 4 is 40.6 Å². The van der Waals surface area contributed by atoms with Crippen LogP contribution in [0.15, 0.2) is 103 Å². The molecule has 41 heavy (non-hydrogen) atoms. The Kier molecular flexibility index (Phi) is 7.12. The van der Waals surface area contributed by atoms with Crippen molar-refractivity contribution in [1.29, 1.82) is 0 Å². The van der Waals surface area contributed by atoms with Crippen LogP contribution in [-0.2, 0) is 6.42 Å². The van der Waals surface area contributed by atoms with Crippen LogP contribution >= 0.6 is 0 Å². The van der Waals surface area contributed by atoms with Crippen LogP contribution in [0.2, 0.25) is 0 Å². The summed E-state index contributed by atoms with van der Waals surface area (Å²) >= 11 is 0. The smallest absolute Gasteiger partial charge is 0.329 e. The van der Waals surface area contributed by atoms with Gasteiger partial charge >= 0.3 is 12.1 Å². The highest BCUT2D eigenvalue weighted by atomic mass is 16.5. The summed E-state index contributed by atoms with van der Waals surface area (Å²) in [5, 5.41) is 0. The monoisotopic (exact) mass is 546 g/mol. The van der Waals surface area contributed by atoms with Crippen LogP contribution in [0.4, 0.5) is 32.3 Å². The molecule has 206 valence electrons. The van der Waals surface area contributed by atoms with Gasteiger partial charge in [-0.05, 0) is 48.0 Å². The first-order valence-corrected chi connectivity index (χ1v) is 13.6. The van der Waals surface area contributed by atoms with Gasteiger partial charge in [-0.3, -0.25) is 14.6 Å². The van der Waals surface area contributed by atoms with Crippen molar-refractivity contribution in [1.82, 2.24) is 9.80 Å². The minimum Gasteiger partial charge on any atom is -0.495 e. The molecule has 0 atom stereocenters. The number of ketones is 1. The van der Waals surface area contributed by atoms with Crippen molar-refractivity contribution in [2.24, 2.45) is 0 Å². The molecule has 2 heterocycles. The highest BCUT2D eigenvalue weighted by molar-refractivity contribution is 6.12. The van der Waals surface area contributed by atoms with Gasteiger partial charge in [0.15, 0.2) is 5.78 Å². The summed E-state index contributed by atoms with van der Waals surface area (Å²) in [6, 6.07) is 31.3. The second kappa shape index (κ2) is 11.2. The molecule has 2 aliphatic heterocycles. The van der Waals surface area contributed by atoms with Gasteiger partial charge < -0.3 is 14.5 Å². The molecular formula is C33H30N4O4. The van der Waals surface area contributed by atoms with Gasteiger partial charge in [-0.2, -0.15) is 0 Å². The first kappa shape index (κ1) is 26.1. The molecule has 0 N–H and O–H groups in total. The van der Waals surface area contributed by atoms with Crippen molar-refractivity contribution in [3.05, 3.63) is 114 Å². The standard InChI is InChI=1S/C33H30N4O4/c1-41-31-18-10-9-17-29(31)36(25-12-3-2-4-13-25)32(39)34-19-21-35(22-20-34)33(40)37-27-15-7-5-11-24(27)23-30(38)26-14-6-8-16-28(26)37/h2-18H,19-23H2,1H3. The van der Waals surface area contributed by atoms with E-state index in [0.717, 1.165) is 11.3 Å². The molecule has 0 bridgehead atoms. The number of hydrogen-bond donors (Lipinski definition) is 0. The fourth-order valence-electron chi connectivity index (χ4n) is 5.50. The molecule has 0 unspecified atom stereocenters. The molecule has 2 aliphatic rings. The maximum Gasteiger partial charge on any atom is 0.329 e. The number of rotatable bonds is 3. The Hall–Kier alpha value is -5.11. The molecule has 4 aromatic rings. The number of piperazine rings is 1. The topological polar surface area (TPSA) is 73.4 Å². The Bertz CT molecular complexity index is 1600. The van der Waals surface area contributed by atoms with Crippen molar-refractivity contribution in [2.45, 2.75) is 6.42 Å². The molecule has 8 nitrogen and oxygen atoms in total. The third kappa shape index (κ3) is 4.89. The first-order chi connectivity index (χ1) is 20.1. The third-order valence-corrected chi connectivity index (χ3v) is 7.57. The molecule has 0 aromatic heterocycles. The highest BCUT2D eigenvalue weighted by Gasteiger charge is 2.35. The highest BCUT2D eigenvalue weighted by Crippen LogP contribution is 2.38. The van der Waals surface area contributed by atoms with Crippen molar-refractivity contribution in [3.8, 4) is 5.75 Å². The van der Waals surface area contributed by atoms with Gasteiger partial charge in [0.1, 0.15) is 5.75 Å². The lowest BCUT2D eigenvalue weighted by atomic mass is 10.0. The number of urea groups is 2. The van der Waals surface area contributed by atoms with Gasteiger partial charge in [0, 0.05) is 38.2 Å². The van der Waals surface area contributed by atoms with Gasteiger partial charge in [-0.15, -0.1) is 0 Å². The molecule has 6 rings (SSSR count). The van der Waals surface area contributed by atoms with Gasteiger partial charge in [-0.1, -0.05) is 60.7 Å². The normalized spacial score (nSPS) is 14.6. The molecule has 1 fully saturated rings. The van der Waals surface area contributed by atoms with E-state index in [2.05, 4.69) is 0 Å². The van der Waals surface area contributed by atoms with Gasteiger partial charge in [0.2, 0.25) is 0 Å². The minimum absolute atomic E-state index is 0.0175. The number of methoxy groups -OCH3 is 1. The zero-order valence-corrected chi connectivity index (χ0v) is 22.8. The average Bonchev–Trinajstić information content (AvgIpc) is 3.15. The Labute approximate surface area is 239 Å². The maximum absolute atomic E-state index is 14.1. The molecule has 0 aliphatic carbocycles. The predicted molar refractivity (Wildman–Crippen MR) is 159 cm³/mol. The third-order valence-electron chi connectivity index (χ3n) is 7.57. The van der Waals surface area contributed by atoms with Crippen molar-refractivity contribution in [3.63, 3.8) is 0 Å². The Morgan fingerprint density at radius 2 is 1.32 bits per heavy atom. The second-order valence-electron chi connectivity index (χ2n) is 9.96. The zero-order chi connectivity index (χ0) is 28.3. The quantitative estimate of drug-likeness (QED) is 0.304. The molecule has 1 saturated heterocycles. The number of anilines is 4. The molecule has 0 spiro atoms. The second-order valence-corrected chi connectivity index (χ2v) is 9.96. The van der Waals surface area contributed by atoms with E-state index < -0.39 is 0 Å². The Morgan fingerprint density at radius 1 is 0.707 bits per heavy atom. The molecule has 0 radical (unpaired) electrons. The molecule has 4 aromatic carbocycles. The lowest BCUT2D eigenvalue weighted by Gasteiger charge is -2.39. The Balaban J connectivity index is 1.26. The van der Waals surface area contributed by atoms with E-state index in [1.807, 2.05) is 97.1 Å². The summed E-state index contributed by atoms with van der Waals surface area (Å²) in [5.74, 6) is 0.572. The van der Waals surface area contributed by atoms with Crippen molar-refractivity contribution in [2.75, 3.05) is 43.1 Å². The Morgan fingerprint density at radius 3 is 2.07 bits per heavy atom. The fourth-order valence-corrected chi connectivity index (χ4v) is 5.50. The summed E-state index contributed by atoms with van der Waals surface area (Å²) in [4.78, 5) is 48.0. The SMILES string of the molecule is COc1ccccc1N(C(=O)N1CCN(C(=O)N2c3ccccc3CC(=O)c3ccccc32)CC1)c1ccccc1. The average molecular weight is 547 g/mol. The van der Waals surface area contributed by atoms with Gasteiger partial charge in [-0.25, -0.2) is 9.59 Å². The van der Waals surface area contributed by atoms with Crippen LogP contribution in [0.3, 0.4) is 0 Å². The minimum atomic E-state index is -0.212. The summed E-state index contributed by atoms with van der Waals surface area (Å²) in [5.41, 5.74) is 4.00. The molecule has 4 amide bonds. The van der Waals surface area contributed by atoms with E-state index >= 15 is 0 Å². The first-order valence-electron chi connectivity index (χ1n) is 13.6. The van der Waals surface area contributed by atoms with Gasteiger partial charge in [0.05, 0.1) is 29.9 Å². The van der Waals surface area contributed by atoms with Crippen LogP contribution in [0.5, 0.6) is 5.75 Å². The lowest BCUT2D eigenvalue weighted by molar-refractivity contribution is 0.0994. The van der Waals surface area contributed by atoms with Crippen LogP contribution in [-0.4, -0.2) is 60.9 Å².